The first kappa shape index (κ1) is 14.1. The van der Waals surface area contributed by atoms with E-state index in [0.29, 0.717) is 15.6 Å². The number of nitrogens with zero attached hydrogens (tertiary/aromatic N) is 1. The van der Waals surface area contributed by atoms with E-state index in [-0.39, 0.29) is 12.5 Å². The lowest BCUT2D eigenvalue weighted by Crippen LogP contribution is -2.32. The number of aliphatic hydroxyl groups is 1. The number of rotatable bonds is 3. The van der Waals surface area contributed by atoms with Crippen LogP contribution in [0.15, 0.2) is 18.2 Å². The molecule has 0 radical (unpaired) electrons. The van der Waals surface area contributed by atoms with Crippen molar-refractivity contribution in [2.24, 2.45) is 0 Å². The molecule has 0 spiro atoms. The van der Waals surface area contributed by atoms with Gasteiger partial charge in [0.25, 0.3) is 5.91 Å². The van der Waals surface area contributed by atoms with Crippen molar-refractivity contribution < 1.29 is 9.90 Å². The van der Waals surface area contributed by atoms with E-state index in [1.165, 1.54) is 16.2 Å². The van der Waals surface area contributed by atoms with Crippen LogP contribution in [-0.4, -0.2) is 35.6 Å². The number of halogens is 1. The first-order chi connectivity index (χ1) is 8.91. The fraction of sp³-hybridized carbons (Fsp3) is 0.308. The molecule has 1 amide bonds. The average Bonchev–Trinajstić information content (AvgIpc) is 2.66. The predicted molar refractivity (Wildman–Crippen MR) is 79.9 cm³/mol. The fourth-order valence-corrected chi connectivity index (χ4v) is 3.42. The zero-order valence-electron chi connectivity index (χ0n) is 10.7. The zero-order valence-corrected chi connectivity index (χ0v) is 12.3. The van der Waals surface area contributed by atoms with Gasteiger partial charge in [-0.2, -0.15) is 0 Å². The summed E-state index contributed by atoms with van der Waals surface area (Å²) < 4.78 is 0.888. The number of carbonyl (C=O) groups excluding carboxylic acids is 1. The highest BCUT2D eigenvalue weighted by Crippen LogP contribution is 2.38. The molecular formula is C13H15ClN2O2S. The van der Waals surface area contributed by atoms with Crippen molar-refractivity contribution in [1.82, 2.24) is 4.90 Å². The Morgan fingerprint density at radius 2 is 2.26 bits per heavy atom. The van der Waals surface area contributed by atoms with Crippen molar-refractivity contribution in [3.05, 3.63) is 28.1 Å². The Hall–Kier alpha value is -1.30. The summed E-state index contributed by atoms with van der Waals surface area (Å²) in [6.45, 7) is 1.90. The molecule has 0 bridgehead atoms. The molecule has 0 saturated carbocycles. The summed E-state index contributed by atoms with van der Waals surface area (Å²) >= 11 is 7.43. The minimum Gasteiger partial charge on any atom is -0.397 e. The molecule has 1 aromatic heterocycles. The summed E-state index contributed by atoms with van der Waals surface area (Å²) in [5.74, 6) is -0.198. The van der Waals surface area contributed by atoms with Gasteiger partial charge in [0.2, 0.25) is 0 Å². The Labute approximate surface area is 120 Å². The van der Waals surface area contributed by atoms with Crippen molar-refractivity contribution in [3.63, 3.8) is 0 Å². The van der Waals surface area contributed by atoms with Gasteiger partial charge in [-0.3, -0.25) is 4.79 Å². The minimum atomic E-state index is -0.576. The highest BCUT2D eigenvalue weighted by Gasteiger charge is 2.21. The lowest BCUT2D eigenvalue weighted by Gasteiger charge is -2.18. The number of hydrogen-bond acceptors (Lipinski definition) is 4. The van der Waals surface area contributed by atoms with Crippen LogP contribution in [0.3, 0.4) is 0 Å². The molecule has 0 fully saturated rings. The van der Waals surface area contributed by atoms with E-state index in [2.05, 4.69) is 0 Å². The second kappa shape index (κ2) is 5.36. The van der Waals surface area contributed by atoms with E-state index in [1.807, 2.05) is 12.1 Å². The number of nitrogens with two attached hydrogens (primary N) is 1. The van der Waals surface area contributed by atoms with Crippen LogP contribution in [0.2, 0.25) is 5.02 Å². The van der Waals surface area contributed by atoms with Gasteiger partial charge in [0.1, 0.15) is 4.88 Å². The van der Waals surface area contributed by atoms with Crippen molar-refractivity contribution in [2.45, 2.75) is 13.0 Å². The van der Waals surface area contributed by atoms with Crippen LogP contribution in [0.4, 0.5) is 5.69 Å². The van der Waals surface area contributed by atoms with E-state index in [0.717, 1.165) is 10.1 Å². The maximum Gasteiger partial charge on any atom is 0.265 e. The van der Waals surface area contributed by atoms with E-state index in [4.69, 9.17) is 17.3 Å². The van der Waals surface area contributed by atoms with Crippen LogP contribution < -0.4 is 5.73 Å². The van der Waals surface area contributed by atoms with E-state index in [9.17, 15) is 9.90 Å². The molecule has 1 unspecified atom stereocenters. The number of aliphatic hydroxyl groups excluding tert-OH is 1. The van der Waals surface area contributed by atoms with Gasteiger partial charge in [-0.05, 0) is 19.1 Å². The van der Waals surface area contributed by atoms with E-state index >= 15 is 0 Å². The van der Waals surface area contributed by atoms with Crippen molar-refractivity contribution in [2.75, 3.05) is 19.3 Å². The number of hydrogen-bond donors (Lipinski definition) is 2. The summed E-state index contributed by atoms with van der Waals surface area (Å²) in [6.07, 6.45) is -0.576. The molecule has 102 valence electrons. The van der Waals surface area contributed by atoms with Gasteiger partial charge >= 0.3 is 0 Å². The Kier molecular flexibility index (Phi) is 3.99. The third-order valence-corrected chi connectivity index (χ3v) is 4.25. The van der Waals surface area contributed by atoms with Crippen LogP contribution in [0.1, 0.15) is 16.6 Å². The van der Waals surface area contributed by atoms with Gasteiger partial charge in [-0.25, -0.2) is 0 Å². The van der Waals surface area contributed by atoms with Gasteiger partial charge < -0.3 is 15.7 Å². The van der Waals surface area contributed by atoms with Crippen molar-refractivity contribution in [3.8, 4) is 0 Å². The molecule has 0 aliphatic heterocycles. The number of amides is 1. The minimum absolute atomic E-state index is 0.198. The molecule has 6 heteroatoms. The zero-order chi connectivity index (χ0) is 14.2. The van der Waals surface area contributed by atoms with Gasteiger partial charge in [0.05, 0.1) is 16.8 Å². The Morgan fingerprint density at radius 3 is 2.84 bits per heavy atom. The number of likely N-dealkylation sites (N-methyl/N-ethyl adjacent to an activating group) is 1. The van der Waals surface area contributed by atoms with Gasteiger partial charge in [-0.15, -0.1) is 11.3 Å². The summed E-state index contributed by atoms with van der Waals surface area (Å²) in [4.78, 5) is 14.2. The number of benzene rings is 1. The van der Waals surface area contributed by atoms with Crippen LogP contribution in [0.25, 0.3) is 10.1 Å². The number of nitrogen functional groups attached to an aromatic ring is 1. The largest absolute Gasteiger partial charge is 0.397 e. The van der Waals surface area contributed by atoms with E-state index in [1.54, 1.807) is 20.0 Å². The molecule has 1 heterocycles. The normalized spacial score (nSPS) is 12.6. The van der Waals surface area contributed by atoms with Crippen LogP contribution in [0.5, 0.6) is 0 Å². The molecule has 19 heavy (non-hydrogen) atoms. The van der Waals surface area contributed by atoms with Crippen LogP contribution in [-0.2, 0) is 0 Å². The van der Waals surface area contributed by atoms with Crippen molar-refractivity contribution in [1.29, 1.82) is 0 Å². The molecule has 0 aliphatic rings. The summed E-state index contributed by atoms with van der Waals surface area (Å²) in [5, 5.41) is 10.6. The topological polar surface area (TPSA) is 66.6 Å². The molecular weight excluding hydrogens is 284 g/mol. The Morgan fingerprint density at radius 1 is 1.58 bits per heavy atom. The van der Waals surface area contributed by atoms with Crippen LogP contribution in [0, 0.1) is 0 Å². The quantitative estimate of drug-likeness (QED) is 0.915. The number of anilines is 1. The molecule has 2 aromatic rings. The summed E-state index contributed by atoms with van der Waals surface area (Å²) in [6, 6.07) is 5.46. The Bertz CT molecular complexity index is 624. The van der Waals surface area contributed by atoms with Gasteiger partial charge in [-0.1, -0.05) is 17.7 Å². The predicted octanol–water partition coefficient (Wildman–Crippen LogP) is 2.59. The second-order valence-electron chi connectivity index (χ2n) is 4.49. The SMILES string of the molecule is CC(O)CN(C)C(=O)c1sc2cccc(Cl)c2c1N. The maximum absolute atomic E-state index is 12.3. The first-order valence-corrected chi connectivity index (χ1v) is 7.01. The highest BCUT2D eigenvalue weighted by molar-refractivity contribution is 7.21. The standard InChI is InChI=1S/C13H15ClN2O2S/c1-7(17)6-16(2)13(18)12-11(15)10-8(14)4-3-5-9(10)19-12/h3-5,7,17H,6,15H2,1-2H3. The number of carbonyl (C=O) groups is 1. The number of thiophene rings is 1. The lowest BCUT2D eigenvalue weighted by molar-refractivity contribution is 0.0709. The number of fused-ring (bicyclic) bond motifs is 1. The maximum atomic E-state index is 12.3. The molecule has 0 aliphatic carbocycles. The molecule has 4 nitrogen and oxygen atoms in total. The molecule has 1 atom stereocenters. The molecule has 3 N–H and O–H groups in total. The lowest BCUT2D eigenvalue weighted by atomic mass is 10.2. The van der Waals surface area contributed by atoms with E-state index < -0.39 is 6.10 Å². The van der Waals surface area contributed by atoms with Gasteiger partial charge in [0.15, 0.2) is 0 Å². The monoisotopic (exact) mass is 298 g/mol. The second-order valence-corrected chi connectivity index (χ2v) is 5.95. The first-order valence-electron chi connectivity index (χ1n) is 5.81. The Balaban J connectivity index is 2.43. The third-order valence-electron chi connectivity index (χ3n) is 2.78. The molecule has 0 saturated heterocycles. The smallest absolute Gasteiger partial charge is 0.265 e. The van der Waals surface area contributed by atoms with Gasteiger partial charge in [0, 0.05) is 23.7 Å². The molecule has 1 aromatic carbocycles. The van der Waals surface area contributed by atoms with Crippen molar-refractivity contribution >= 4 is 44.6 Å². The summed E-state index contributed by atoms with van der Waals surface area (Å²) in [5.41, 5.74) is 6.44. The van der Waals surface area contributed by atoms with Crippen LogP contribution >= 0.6 is 22.9 Å². The fourth-order valence-electron chi connectivity index (χ4n) is 1.94. The summed E-state index contributed by atoms with van der Waals surface area (Å²) in [7, 11) is 1.64. The highest BCUT2D eigenvalue weighted by atomic mass is 35.5. The third kappa shape index (κ3) is 2.68. The molecule has 2 rings (SSSR count). The average molecular weight is 299 g/mol.